The molecule has 5 heteroatoms. The Kier molecular flexibility index (Phi) is 2.94. The second kappa shape index (κ2) is 4.83. The van der Waals surface area contributed by atoms with Crippen molar-refractivity contribution >= 4 is 5.82 Å². The molecule has 2 aliphatic rings. The first kappa shape index (κ1) is 12.8. The van der Waals surface area contributed by atoms with E-state index in [0.29, 0.717) is 12.1 Å². The molecule has 0 radical (unpaired) electrons. The van der Waals surface area contributed by atoms with Crippen molar-refractivity contribution in [1.29, 1.82) is 0 Å². The predicted molar refractivity (Wildman–Crippen MR) is 78.7 cm³/mol. The Bertz CT molecular complexity index is 656. The summed E-state index contributed by atoms with van der Waals surface area (Å²) in [5, 5.41) is 0. The van der Waals surface area contributed by atoms with Crippen molar-refractivity contribution < 1.29 is 4.39 Å². The number of anilines is 1. The summed E-state index contributed by atoms with van der Waals surface area (Å²) < 4.78 is 16.2. The minimum absolute atomic E-state index is 0.358. The Labute approximate surface area is 123 Å². The molecule has 0 bridgehead atoms. The Morgan fingerprint density at radius 3 is 2.81 bits per heavy atom. The van der Waals surface area contributed by atoms with E-state index in [1.165, 1.54) is 6.42 Å². The SMILES string of the molecule is CCc1nccn1Cc1ccc(N2CC3CC3C2)nc1F. The lowest BCUT2D eigenvalue weighted by Crippen LogP contribution is -2.23. The van der Waals surface area contributed by atoms with Gasteiger partial charge in [-0.1, -0.05) is 6.92 Å². The van der Waals surface area contributed by atoms with Crippen molar-refractivity contribution in [2.24, 2.45) is 11.8 Å². The molecule has 21 heavy (non-hydrogen) atoms. The zero-order valence-corrected chi connectivity index (χ0v) is 12.2. The molecule has 0 amide bonds. The molecule has 2 fully saturated rings. The minimum atomic E-state index is -0.358. The van der Waals surface area contributed by atoms with Gasteiger partial charge in [0, 0.05) is 37.5 Å². The van der Waals surface area contributed by atoms with E-state index >= 15 is 0 Å². The van der Waals surface area contributed by atoms with E-state index < -0.39 is 0 Å². The van der Waals surface area contributed by atoms with Crippen LogP contribution < -0.4 is 4.90 Å². The Morgan fingerprint density at radius 1 is 1.29 bits per heavy atom. The number of aryl methyl sites for hydroxylation is 1. The third-order valence-corrected chi connectivity index (χ3v) is 4.67. The number of piperidine rings is 1. The summed E-state index contributed by atoms with van der Waals surface area (Å²) in [6, 6.07) is 3.81. The van der Waals surface area contributed by atoms with Gasteiger partial charge >= 0.3 is 0 Å². The summed E-state index contributed by atoms with van der Waals surface area (Å²) in [6.07, 6.45) is 5.84. The summed E-state index contributed by atoms with van der Waals surface area (Å²) in [7, 11) is 0. The highest BCUT2D eigenvalue weighted by Gasteiger charge is 2.45. The molecular weight excluding hydrogens is 267 g/mol. The van der Waals surface area contributed by atoms with E-state index in [2.05, 4.69) is 21.8 Å². The van der Waals surface area contributed by atoms with Gasteiger partial charge in [0.1, 0.15) is 11.6 Å². The van der Waals surface area contributed by atoms with Crippen LogP contribution in [0.1, 0.15) is 24.7 Å². The normalized spacial score (nSPS) is 23.4. The number of aromatic nitrogens is 3. The zero-order valence-electron chi connectivity index (χ0n) is 12.2. The number of rotatable bonds is 4. The minimum Gasteiger partial charge on any atom is -0.356 e. The summed E-state index contributed by atoms with van der Waals surface area (Å²) in [6.45, 7) is 4.62. The highest BCUT2D eigenvalue weighted by Crippen LogP contribution is 2.45. The average molecular weight is 286 g/mol. The van der Waals surface area contributed by atoms with Gasteiger partial charge in [0.25, 0.3) is 0 Å². The van der Waals surface area contributed by atoms with E-state index in [-0.39, 0.29) is 5.95 Å². The summed E-state index contributed by atoms with van der Waals surface area (Å²) in [5.74, 6) is 3.05. The molecule has 2 aromatic heterocycles. The monoisotopic (exact) mass is 286 g/mol. The lowest BCUT2D eigenvalue weighted by molar-refractivity contribution is 0.553. The smallest absolute Gasteiger partial charge is 0.219 e. The van der Waals surface area contributed by atoms with Crippen molar-refractivity contribution in [1.82, 2.24) is 14.5 Å². The number of nitrogens with zero attached hydrogens (tertiary/aromatic N) is 4. The van der Waals surface area contributed by atoms with Gasteiger partial charge in [0.15, 0.2) is 0 Å². The largest absolute Gasteiger partial charge is 0.356 e. The van der Waals surface area contributed by atoms with Gasteiger partial charge in [-0.05, 0) is 30.4 Å². The molecule has 1 aliphatic heterocycles. The number of imidazole rings is 1. The van der Waals surface area contributed by atoms with Gasteiger partial charge in [0.05, 0.1) is 6.54 Å². The van der Waals surface area contributed by atoms with Crippen LogP contribution in [0.3, 0.4) is 0 Å². The lowest BCUT2D eigenvalue weighted by atomic mass is 10.2. The fourth-order valence-electron chi connectivity index (χ4n) is 3.31. The molecule has 1 saturated carbocycles. The number of hydrogen-bond donors (Lipinski definition) is 0. The Hall–Kier alpha value is -1.91. The molecule has 2 unspecified atom stereocenters. The van der Waals surface area contributed by atoms with Crippen LogP contribution in [-0.4, -0.2) is 27.6 Å². The third-order valence-electron chi connectivity index (χ3n) is 4.67. The highest BCUT2D eigenvalue weighted by atomic mass is 19.1. The van der Waals surface area contributed by atoms with Crippen LogP contribution in [0.5, 0.6) is 0 Å². The predicted octanol–water partition coefficient (Wildman–Crippen LogP) is 2.48. The van der Waals surface area contributed by atoms with Crippen LogP contribution in [0.2, 0.25) is 0 Å². The van der Waals surface area contributed by atoms with E-state index in [4.69, 9.17) is 0 Å². The maximum absolute atomic E-state index is 14.3. The van der Waals surface area contributed by atoms with E-state index in [9.17, 15) is 4.39 Å². The zero-order chi connectivity index (χ0) is 14.4. The highest BCUT2D eigenvalue weighted by molar-refractivity contribution is 5.42. The molecule has 2 atom stereocenters. The van der Waals surface area contributed by atoms with E-state index in [1.807, 2.05) is 22.9 Å². The summed E-state index contributed by atoms with van der Waals surface area (Å²) in [4.78, 5) is 10.6. The quantitative estimate of drug-likeness (QED) is 0.810. The van der Waals surface area contributed by atoms with Crippen LogP contribution in [0, 0.1) is 17.8 Å². The number of fused-ring (bicyclic) bond motifs is 1. The van der Waals surface area contributed by atoms with Crippen molar-refractivity contribution in [2.75, 3.05) is 18.0 Å². The topological polar surface area (TPSA) is 34.0 Å². The van der Waals surface area contributed by atoms with Gasteiger partial charge in [-0.3, -0.25) is 0 Å². The lowest BCUT2D eigenvalue weighted by Gasteiger charge is -2.19. The van der Waals surface area contributed by atoms with Gasteiger partial charge in [-0.25, -0.2) is 9.97 Å². The van der Waals surface area contributed by atoms with Crippen molar-refractivity contribution in [2.45, 2.75) is 26.3 Å². The van der Waals surface area contributed by atoms with Crippen LogP contribution in [0.25, 0.3) is 0 Å². The van der Waals surface area contributed by atoms with Gasteiger partial charge in [-0.15, -0.1) is 0 Å². The molecular formula is C16H19FN4. The second-order valence-corrected chi connectivity index (χ2v) is 6.11. The van der Waals surface area contributed by atoms with Gasteiger partial charge in [0.2, 0.25) is 5.95 Å². The number of hydrogen-bond acceptors (Lipinski definition) is 3. The van der Waals surface area contributed by atoms with Gasteiger partial charge in [-0.2, -0.15) is 4.39 Å². The maximum Gasteiger partial charge on any atom is 0.219 e. The van der Waals surface area contributed by atoms with E-state index in [0.717, 1.165) is 43.0 Å². The van der Waals surface area contributed by atoms with E-state index in [1.54, 1.807) is 6.20 Å². The fourth-order valence-corrected chi connectivity index (χ4v) is 3.31. The molecule has 0 aromatic carbocycles. The summed E-state index contributed by atoms with van der Waals surface area (Å²) >= 11 is 0. The fraction of sp³-hybridized carbons (Fsp3) is 0.500. The van der Waals surface area contributed by atoms with Crippen LogP contribution in [0.15, 0.2) is 24.5 Å². The maximum atomic E-state index is 14.3. The van der Waals surface area contributed by atoms with Crippen molar-refractivity contribution in [3.8, 4) is 0 Å². The first-order valence-corrected chi connectivity index (χ1v) is 7.65. The number of pyridine rings is 1. The third kappa shape index (κ3) is 2.30. The van der Waals surface area contributed by atoms with Crippen molar-refractivity contribution in [3.05, 3.63) is 41.9 Å². The average Bonchev–Trinajstić information content (AvgIpc) is 2.90. The molecule has 3 heterocycles. The molecule has 110 valence electrons. The molecule has 1 saturated heterocycles. The van der Waals surface area contributed by atoms with Crippen LogP contribution >= 0.6 is 0 Å². The molecule has 2 aromatic rings. The summed E-state index contributed by atoms with van der Waals surface area (Å²) in [5.41, 5.74) is 0.621. The molecule has 0 spiro atoms. The number of halogens is 1. The van der Waals surface area contributed by atoms with Crippen LogP contribution in [-0.2, 0) is 13.0 Å². The Morgan fingerprint density at radius 2 is 2.10 bits per heavy atom. The molecule has 0 N–H and O–H groups in total. The van der Waals surface area contributed by atoms with Crippen LogP contribution in [0.4, 0.5) is 10.2 Å². The standard InChI is InChI=1S/C16H19FN4/c1-2-14-18-5-6-20(14)8-11-3-4-15(19-16(11)17)21-9-12-7-13(12)10-21/h3-6,12-13H,2,7-10H2,1H3. The van der Waals surface area contributed by atoms with Gasteiger partial charge < -0.3 is 9.47 Å². The first-order chi connectivity index (χ1) is 10.2. The first-order valence-electron chi connectivity index (χ1n) is 7.65. The molecule has 4 nitrogen and oxygen atoms in total. The van der Waals surface area contributed by atoms with Crippen molar-refractivity contribution in [3.63, 3.8) is 0 Å². The second-order valence-electron chi connectivity index (χ2n) is 6.11. The molecule has 4 rings (SSSR count). The Balaban J connectivity index is 1.53. The molecule has 1 aliphatic carbocycles.